The Bertz CT molecular complexity index is 1320. The van der Waals surface area contributed by atoms with Crippen molar-refractivity contribution in [2.24, 2.45) is 0 Å². The fourth-order valence-corrected chi connectivity index (χ4v) is 4.72. The maximum atomic E-state index is 8.23. The van der Waals surface area contributed by atoms with E-state index in [1.807, 2.05) is 79.7 Å². The standard InChI is InChI=1S/C32H36Cl3NO8/c1-20-27(40-17-21-5-11-24(37-2)12-6-21)28(41-18-22-7-13-25(38-3)14-8-22)29(30(43-20)44-31(36)32(33,34)35)42-19-23-9-15-26(39-4)16-10-23/h5-16,20,27-30,36H,17-19H2,1-4H3/t20-,27+,28+,29-,30?/m0/s1. The van der Waals surface area contributed by atoms with Gasteiger partial charge in [-0.2, -0.15) is 0 Å². The van der Waals surface area contributed by atoms with Crippen LogP contribution in [0.4, 0.5) is 0 Å². The van der Waals surface area contributed by atoms with Crippen molar-refractivity contribution in [3.05, 3.63) is 89.5 Å². The molecular weight excluding hydrogens is 633 g/mol. The summed E-state index contributed by atoms with van der Waals surface area (Å²) < 4.78 is 45.1. The fraction of sp³-hybridized carbons (Fsp3) is 0.406. The van der Waals surface area contributed by atoms with Crippen LogP contribution in [0.2, 0.25) is 0 Å². The summed E-state index contributed by atoms with van der Waals surface area (Å²) in [5.41, 5.74) is 2.70. The number of benzene rings is 3. The van der Waals surface area contributed by atoms with Gasteiger partial charge in [-0.3, -0.25) is 5.41 Å². The lowest BCUT2D eigenvalue weighted by Crippen LogP contribution is -2.60. The summed E-state index contributed by atoms with van der Waals surface area (Å²) in [5.74, 6) is 1.58. The first-order valence-electron chi connectivity index (χ1n) is 13.8. The van der Waals surface area contributed by atoms with Gasteiger partial charge in [0.15, 0.2) is 0 Å². The zero-order chi connectivity index (χ0) is 31.7. The molecule has 44 heavy (non-hydrogen) atoms. The van der Waals surface area contributed by atoms with Crippen LogP contribution >= 0.6 is 34.8 Å². The molecule has 1 fully saturated rings. The lowest BCUT2D eigenvalue weighted by molar-refractivity contribution is -0.304. The van der Waals surface area contributed by atoms with Gasteiger partial charge in [0, 0.05) is 0 Å². The van der Waals surface area contributed by atoms with Crippen LogP contribution in [0.5, 0.6) is 17.2 Å². The predicted octanol–water partition coefficient (Wildman–Crippen LogP) is 6.88. The molecular formula is C32H36Cl3NO8. The Balaban J connectivity index is 1.62. The largest absolute Gasteiger partial charge is 0.497 e. The number of alkyl halides is 3. The number of rotatable bonds is 13. The quantitative estimate of drug-likeness (QED) is 0.120. The smallest absolute Gasteiger partial charge is 0.265 e. The summed E-state index contributed by atoms with van der Waals surface area (Å²) in [6.45, 7) is 2.49. The van der Waals surface area contributed by atoms with Crippen LogP contribution in [0.1, 0.15) is 23.6 Å². The van der Waals surface area contributed by atoms with Crippen molar-refractivity contribution in [1.29, 1.82) is 5.41 Å². The molecule has 9 nitrogen and oxygen atoms in total. The van der Waals surface area contributed by atoms with E-state index in [2.05, 4.69) is 0 Å². The van der Waals surface area contributed by atoms with Gasteiger partial charge >= 0.3 is 0 Å². The van der Waals surface area contributed by atoms with Crippen LogP contribution in [-0.4, -0.2) is 61.7 Å². The summed E-state index contributed by atoms with van der Waals surface area (Å²) in [7, 11) is 4.83. The van der Waals surface area contributed by atoms with Crippen molar-refractivity contribution in [3.8, 4) is 17.2 Å². The van der Waals surface area contributed by atoms with E-state index in [-0.39, 0.29) is 19.8 Å². The monoisotopic (exact) mass is 667 g/mol. The SMILES string of the molecule is COc1ccc(CO[C@@H]2[C@H](OCc3ccc(OC)cc3)[C@H](C)OC(OC(=N)C(Cl)(Cl)Cl)[C@H]2OCc2ccc(OC)cc2)cc1. The van der Waals surface area contributed by atoms with Gasteiger partial charge in [-0.1, -0.05) is 71.2 Å². The molecule has 4 rings (SSSR count). The average Bonchev–Trinajstić information content (AvgIpc) is 3.03. The zero-order valence-electron chi connectivity index (χ0n) is 24.8. The highest BCUT2D eigenvalue weighted by Crippen LogP contribution is 2.34. The van der Waals surface area contributed by atoms with Gasteiger partial charge in [0.1, 0.15) is 35.6 Å². The summed E-state index contributed by atoms with van der Waals surface area (Å²) >= 11 is 17.9. The van der Waals surface area contributed by atoms with E-state index in [9.17, 15) is 0 Å². The minimum absolute atomic E-state index is 0.168. The van der Waals surface area contributed by atoms with E-state index < -0.39 is 40.4 Å². The maximum Gasteiger partial charge on any atom is 0.265 e. The highest BCUT2D eigenvalue weighted by atomic mass is 35.6. The molecule has 0 radical (unpaired) electrons. The second-order valence-electron chi connectivity index (χ2n) is 10.0. The van der Waals surface area contributed by atoms with Crippen LogP contribution in [-0.2, 0) is 43.5 Å². The molecule has 5 atom stereocenters. The minimum Gasteiger partial charge on any atom is -0.497 e. The fourth-order valence-electron chi connectivity index (χ4n) is 4.59. The summed E-state index contributed by atoms with van der Waals surface area (Å²) in [6.07, 6.45) is -3.90. The van der Waals surface area contributed by atoms with Crippen LogP contribution in [0.3, 0.4) is 0 Å². The van der Waals surface area contributed by atoms with Crippen molar-refractivity contribution >= 4 is 40.7 Å². The molecule has 1 heterocycles. The molecule has 1 saturated heterocycles. The van der Waals surface area contributed by atoms with E-state index in [4.69, 9.17) is 78.1 Å². The van der Waals surface area contributed by atoms with Gasteiger partial charge in [0.25, 0.3) is 3.79 Å². The predicted molar refractivity (Wildman–Crippen MR) is 168 cm³/mol. The van der Waals surface area contributed by atoms with Crippen LogP contribution in [0.15, 0.2) is 72.8 Å². The van der Waals surface area contributed by atoms with E-state index in [0.29, 0.717) is 5.75 Å². The minimum atomic E-state index is -2.10. The second kappa shape index (κ2) is 16.0. The Morgan fingerprint density at radius 2 is 1.00 bits per heavy atom. The number of methoxy groups -OCH3 is 3. The van der Waals surface area contributed by atoms with Gasteiger partial charge in [-0.25, -0.2) is 0 Å². The molecule has 0 saturated carbocycles. The molecule has 3 aromatic rings. The normalized spacial score (nSPS) is 21.8. The number of halogens is 3. The molecule has 1 unspecified atom stereocenters. The highest BCUT2D eigenvalue weighted by molar-refractivity contribution is 6.76. The Labute approximate surface area is 272 Å². The van der Waals surface area contributed by atoms with Crippen LogP contribution < -0.4 is 14.2 Å². The van der Waals surface area contributed by atoms with Crippen LogP contribution in [0.25, 0.3) is 0 Å². The Morgan fingerprint density at radius 3 is 1.36 bits per heavy atom. The number of hydrogen-bond acceptors (Lipinski definition) is 9. The molecule has 0 bridgehead atoms. The molecule has 1 aliphatic rings. The molecule has 0 spiro atoms. The number of nitrogens with one attached hydrogen (secondary N) is 1. The third-order valence-corrected chi connectivity index (χ3v) is 7.54. The van der Waals surface area contributed by atoms with E-state index >= 15 is 0 Å². The topological polar surface area (TPSA) is 97.7 Å². The lowest BCUT2D eigenvalue weighted by atomic mass is 9.98. The Morgan fingerprint density at radius 1 is 0.636 bits per heavy atom. The van der Waals surface area contributed by atoms with Gasteiger partial charge in [0.2, 0.25) is 12.2 Å². The van der Waals surface area contributed by atoms with Gasteiger partial charge in [-0.15, -0.1) is 0 Å². The first-order chi connectivity index (χ1) is 21.1. The van der Waals surface area contributed by atoms with Crippen molar-refractivity contribution < 1.29 is 37.9 Å². The number of hydrogen-bond donors (Lipinski definition) is 1. The summed E-state index contributed by atoms with van der Waals surface area (Å²) in [6, 6.07) is 22.6. The van der Waals surface area contributed by atoms with Gasteiger partial charge in [-0.05, 0) is 60.0 Å². The van der Waals surface area contributed by atoms with Gasteiger partial charge in [0.05, 0.1) is 47.3 Å². The Kier molecular flexibility index (Phi) is 12.4. The van der Waals surface area contributed by atoms with Crippen molar-refractivity contribution in [2.75, 3.05) is 21.3 Å². The summed E-state index contributed by atoms with van der Waals surface area (Å²) in [4.78, 5) is 0. The second-order valence-corrected chi connectivity index (χ2v) is 12.3. The molecule has 238 valence electrons. The average molecular weight is 669 g/mol. The first kappa shape index (κ1) is 34.1. The highest BCUT2D eigenvalue weighted by Gasteiger charge is 2.49. The van der Waals surface area contributed by atoms with E-state index in [1.54, 1.807) is 21.3 Å². The molecule has 12 heteroatoms. The van der Waals surface area contributed by atoms with Gasteiger partial charge < -0.3 is 37.9 Å². The van der Waals surface area contributed by atoms with E-state index in [1.165, 1.54) is 0 Å². The third-order valence-electron chi connectivity index (χ3n) is 7.02. The molecule has 0 amide bonds. The zero-order valence-corrected chi connectivity index (χ0v) is 27.1. The van der Waals surface area contributed by atoms with Crippen molar-refractivity contribution in [1.82, 2.24) is 0 Å². The number of ether oxygens (including phenoxy) is 8. The van der Waals surface area contributed by atoms with Crippen molar-refractivity contribution in [2.45, 2.75) is 61.2 Å². The van der Waals surface area contributed by atoms with Crippen LogP contribution in [0, 0.1) is 5.41 Å². The maximum absolute atomic E-state index is 8.23. The lowest BCUT2D eigenvalue weighted by Gasteiger charge is -2.45. The molecule has 0 aliphatic carbocycles. The van der Waals surface area contributed by atoms with Crippen molar-refractivity contribution in [3.63, 3.8) is 0 Å². The summed E-state index contributed by atoms with van der Waals surface area (Å²) in [5, 5.41) is 8.23. The molecule has 1 aliphatic heterocycles. The molecule has 0 aromatic heterocycles. The molecule has 1 N–H and O–H groups in total. The third kappa shape index (κ3) is 9.37. The Hall–Kier alpha value is -2.76. The molecule has 3 aromatic carbocycles. The van der Waals surface area contributed by atoms with E-state index in [0.717, 1.165) is 28.2 Å². The first-order valence-corrected chi connectivity index (χ1v) is 15.0.